The third-order valence-corrected chi connectivity index (χ3v) is 6.58. The van der Waals surface area contributed by atoms with Gasteiger partial charge in [-0.3, -0.25) is 4.90 Å². The lowest BCUT2D eigenvalue weighted by molar-refractivity contribution is 0.0400. The maximum Gasteiger partial charge on any atom is 0.164 e. The zero-order chi connectivity index (χ0) is 20.0. The highest BCUT2D eigenvalue weighted by Gasteiger charge is 2.37. The van der Waals surface area contributed by atoms with Gasteiger partial charge in [0.15, 0.2) is 17.6 Å². The Kier molecular flexibility index (Phi) is 4.94. The molecule has 0 bridgehead atoms. The average molecular weight is 399 g/mol. The number of fused-ring (bicyclic) bond motifs is 2. The Balaban J connectivity index is 1.27. The first-order valence-corrected chi connectivity index (χ1v) is 10.4. The van der Waals surface area contributed by atoms with Crippen molar-refractivity contribution in [3.63, 3.8) is 0 Å². The first-order chi connectivity index (χ1) is 14.1. The van der Waals surface area contributed by atoms with E-state index in [1.54, 1.807) is 12.1 Å². The van der Waals surface area contributed by atoms with Crippen LogP contribution >= 0.6 is 0 Å². The first-order valence-electron chi connectivity index (χ1n) is 10.4. The number of aliphatic hydroxyl groups is 2. The molecule has 0 saturated carbocycles. The Morgan fingerprint density at radius 2 is 1.93 bits per heavy atom. The molecule has 5 rings (SSSR count). The van der Waals surface area contributed by atoms with Crippen LogP contribution in [0.1, 0.15) is 41.6 Å². The lowest BCUT2D eigenvalue weighted by Gasteiger charge is -2.38. The molecule has 2 aromatic rings. The van der Waals surface area contributed by atoms with Gasteiger partial charge in [-0.1, -0.05) is 18.2 Å². The fourth-order valence-corrected chi connectivity index (χ4v) is 5.04. The Morgan fingerprint density at radius 1 is 1.10 bits per heavy atom. The molecular formula is C23H26FNO4. The molecule has 0 aromatic heterocycles. The van der Waals surface area contributed by atoms with E-state index in [-0.39, 0.29) is 24.6 Å². The van der Waals surface area contributed by atoms with Gasteiger partial charge in [-0.15, -0.1) is 0 Å². The highest BCUT2D eigenvalue weighted by Crippen LogP contribution is 2.43. The number of rotatable bonds is 3. The van der Waals surface area contributed by atoms with E-state index < -0.39 is 6.10 Å². The van der Waals surface area contributed by atoms with Crippen LogP contribution in [0.15, 0.2) is 36.4 Å². The predicted molar refractivity (Wildman–Crippen MR) is 106 cm³/mol. The highest BCUT2D eigenvalue weighted by molar-refractivity contribution is 5.49. The van der Waals surface area contributed by atoms with Crippen molar-refractivity contribution in [3.05, 3.63) is 58.9 Å². The molecule has 3 unspecified atom stereocenters. The number of para-hydroxylation sites is 1. The summed E-state index contributed by atoms with van der Waals surface area (Å²) in [5.74, 6) is 1.64. The summed E-state index contributed by atoms with van der Waals surface area (Å²) >= 11 is 0. The maximum absolute atomic E-state index is 13.6. The molecular weight excluding hydrogens is 373 g/mol. The van der Waals surface area contributed by atoms with Gasteiger partial charge in [-0.2, -0.15) is 0 Å². The van der Waals surface area contributed by atoms with Crippen LogP contribution in [0.4, 0.5) is 4.39 Å². The molecule has 1 fully saturated rings. The molecule has 0 amide bonds. The Morgan fingerprint density at radius 3 is 2.72 bits per heavy atom. The number of likely N-dealkylation sites (tertiary alicyclic amines) is 1. The molecule has 6 heteroatoms. The molecule has 5 nitrogen and oxygen atoms in total. The summed E-state index contributed by atoms with van der Waals surface area (Å²) in [6, 6.07) is 10.7. The largest absolute Gasteiger partial charge is 0.485 e. The third kappa shape index (κ3) is 3.39. The fraction of sp³-hybridized carbons (Fsp3) is 0.478. The van der Waals surface area contributed by atoms with Crippen molar-refractivity contribution >= 4 is 0 Å². The van der Waals surface area contributed by atoms with Crippen molar-refractivity contribution in [1.29, 1.82) is 0 Å². The van der Waals surface area contributed by atoms with E-state index in [1.165, 1.54) is 6.07 Å². The number of piperidine rings is 1. The number of ether oxygens (including phenoxy) is 2. The van der Waals surface area contributed by atoms with Gasteiger partial charge in [0.25, 0.3) is 0 Å². The minimum Gasteiger partial charge on any atom is -0.485 e. The van der Waals surface area contributed by atoms with Gasteiger partial charge in [0, 0.05) is 11.6 Å². The van der Waals surface area contributed by atoms with E-state index >= 15 is 0 Å². The number of nitrogens with zero attached hydrogens (tertiary/aromatic N) is 1. The van der Waals surface area contributed by atoms with E-state index in [9.17, 15) is 14.6 Å². The maximum atomic E-state index is 13.6. The normalized spacial score (nSPS) is 27.1. The molecule has 2 N–H and O–H groups in total. The number of benzene rings is 2. The molecule has 2 heterocycles. The Bertz CT molecular complexity index is 896. The van der Waals surface area contributed by atoms with Crippen molar-refractivity contribution in [1.82, 2.24) is 4.90 Å². The molecule has 3 aliphatic rings. The van der Waals surface area contributed by atoms with Crippen molar-refractivity contribution in [2.24, 2.45) is 0 Å². The van der Waals surface area contributed by atoms with E-state index in [1.807, 2.05) is 12.1 Å². The summed E-state index contributed by atoms with van der Waals surface area (Å²) in [6.07, 6.45) is 1.77. The second-order valence-corrected chi connectivity index (χ2v) is 8.28. The summed E-state index contributed by atoms with van der Waals surface area (Å²) in [6.45, 7) is 2.07. The van der Waals surface area contributed by atoms with Gasteiger partial charge in [-0.05, 0) is 67.6 Å². The number of halogens is 1. The molecule has 1 aliphatic carbocycles. The first kappa shape index (κ1) is 18.9. The predicted octanol–water partition coefficient (Wildman–Crippen LogP) is 2.80. The summed E-state index contributed by atoms with van der Waals surface area (Å²) < 4.78 is 25.3. The van der Waals surface area contributed by atoms with Crippen LogP contribution in [0.5, 0.6) is 11.5 Å². The molecule has 154 valence electrons. The van der Waals surface area contributed by atoms with E-state index in [4.69, 9.17) is 9.47 Å². The van der Waals surface area contributed by atoms with Gasteiger partial charge in [0.1, 0.15) is 12.4 Å². The van der Waals surface area contributed by atoms with Crippen molar-refractivity contribution < 1.29 is 24.1 Å². The number of hydrogen-bond donors (Lipinski definition) is 2. The Hall–Kier alpha value is -2.15. The molecule has 29 heavy (non-hydrogen) atoms. The smallest absolute Gasteiger partial charge is 0.164 e. The molecule has 3 atom stereocenters. The van der Waals surface area contributed by atoms with E-state index in [0.717, 1.165) is 48.4 Å². The van der Waals surface area contributed by atoms with Crippen LogP contribution in [0.2, 0.25) is 0 Å². The van der Waals surface area contributed by atoms with Gasteiger partial charge in [-0.25, -0.2) is 4.39 Å². The van der Waals surface area contributed by atoms with Gasteiger partial charge < -0.3 is 19.7 Å². The van der Waals surface area contributed by atoms with Crippen molar-refractivity contribution in [2.45, 2.75) is 43.4 Å². The summed E-state index contributed by atoms with van der Waals surface area (Å²) in [5, 5.41) is 20.1. The minimum atomic E-state index is -0.557. The molecule has 2 aliphatic heterocycles. The highest BCUT2D eigenvalue weighted by atomic mass is 19.1. The molecule has 0 spiro atoms. The van der Waals surface area contributed by atoms with Crippen LogP contribution in [0.3, 0.4) is 0 Å². The Labute approximate surface area is 169 Å². The number of hydrogen-bond acceptors (Lipinski definition) is 5. The second kappa shape index (κ2) is 7.59. The third-order valence-electron chi connectivity index (χ3n) is 6.58. The molecule has 1 saturated heterocycles. The fourth-order valence-electron chi connectivity index (χ4n) is 5.04. The van der Waals surface area contributed by atoms with Gasteiger partial charge >= 0.3 is 0 Å². The van der Waals surface area contributed by atoms with Gasteiger partial charge in [0.05, 0.1) is 12.7 Å². The monoisotopic (exact) mass is 399 g/mol. The zero-order valence-electron chi connectivity index (χ0n) is 16.3. The van der Waals surface area contributed by atoms with Crippen molar-refractivity contribution in [2.75, 3.05) is 26.3 Å². The van der Waals surface area contributed by atoms with E-state index in [0.29, 0.717) is 24.7 Å². The summed E-state index contributed by atoms with van der Waals surface area (Å²) in [4.78, 5) is 2.34. The quantitative estimate of drug-likeness (QED) is 0.831. The van der Waals surface area contributed by atoms with E-state index in [2.05, 4.69) is 11.0 Å². The lowest BCUT2D eigenvalue weighted by Crippen LogP contribution is -2.43. The average Bonchev–Trinajstić information content (AvgIpc) is 3.08. The minimum absolute atomic E-state index is 0.0161. The second-order valence-electron chi connectivity index (χ2n) is 8.28. The summed E-state index contributed by atoms with van der Waals surface area (Å²) in [7, 11) is 0. The van der Waals surface area contributed by atoms with Crippen LogP contribution in [0, 0.1) is 5.82 Å². The van der Waals surface area contributed by atoms with Crippen LogP contribution < -0.4 is 9.47 Å². The van der Waals surface area contributed by atoms with Crippen molar-refractivity contribution in [3.8, 4) is 11.5 Å². The molecule has 0 radical (unpaired) electrons. The lowest BCUT2D eigenvalue weighted by atomic mass is 9.87. The zero-order valence-corrected chi connectivity index (χ0v) is 16.3. The molecule has 2 aromatic carbocycles. The van der Waals surface area contributed by atoms with Crippen LogP contribution in [-0.4, -0.2) is 53.6 Å². The summed E-state index contributed by atoms with van der Waals surface area (Å²) in [5.41, 5.74) is 2.95. The standard InChI is InChI=1S/C23H26FNO4/c24-16-4-5-18-15(10-16)11-20(22(18)27)25-8-6-14(7-9-25)19-2-1-3-21-23(19)28-13-17(12-26)29-21/h1-5,10,14,17,20,22,26-27H,6-9,11-13H2. The van der Waals surface area contributed by atoms with Gasteiger partial charge in [0.2, 0.25) is 0 Å². The topological polar surface area (TPSA) is 62.2 Å². The SMILES string of the molecule is OCC1COc2c(cccc2C2CCN(C3Cc4cc(F)ccc4C3O)CC2)O1. The number of aliphatic hydroxyl groups excluding tert-OH is 2. The van der Waals surface area contributed by atoms with Crippen LogP contribution in [0.25, 0.3) is 0 Å². The van der Waals surface area contributed by atoms with Crippen LogP contribution in [-0.2, 0) is 6.42 Å².